The van der Waals surface area contributed by atoms with Gasteiger partial charge in [0.25, 0.3) is 11.8 Å². The average molecular weight is 932 g/mol. The minimum Gasteiger partial charge on any atom is -0.494 e. The number of para-hydroxylation sites is 1. The van der Waals surface area contributed by atoms with E-state index >= 15 is 0 Å². The molecule has 4 aliphatic rings. The second kappa shape index (κ2) is 19.3. The monoisotopic (exact) mass is 931 g/mol. The van der Waals surface area contributed by atoms with Crippen LogP contribution in [0.2, 0.25) is 5.02 Å². The highest BCUT2D eigenvalue weighted by Gasteiger charge is 2.45. The number of rotatable bonds is 14. The Morgan fingerprint density at radius 2 is 1.64 bits per heavy atom. The minimum absolute atomic E-state index is 0.0402. The third-order valence-electron chi connectivity index (χ3n) is 11.9. The van der Waals surface area contributed by atoms with E-state index in [1.54, 1.807) is 49.6 Å². The number of aromatic nitrogens is 2. The lowest BCUT2D eigenvalue weighted by molar-refractivity contribution is -0.136. The first-order chi connectivity index (χ1) is 30.9. The van der Waals surface area contributed by atoms with Crippen molar-refractivity contribution in [2.45, 2.75) is 42.7 Å². The van der Waals surface area contributed by atoms with Crippen LogP contribution in [0.5, 0.6) is 5.75 Å². The third kappa shape index (κ3) is 9.18. The van der Waals surface area contributed by atoms with Crippen molar-refractivity contribution in [3.63, 3.8) is 0 Å². The van der Waals surface area contributed by atoms with Crippen LogP contribution in [0, 0.1) is 0 Å². The van der Waals surface area contributed by atoms with E-state index in [2.05, 4.69) is 35.7 Å². The summed E-state index contributed by atoms with van der Waals surface area (Å²) in [6.45, 7) is 4.37. The van der Waals surface area contributed by atoms with Crippen molar-refractivity contribution < 1.29 is 42.3 Å². The molecule has 0 spiro atoms. The summed E-state index contributed by atoms with van der Waals surface area (Å²) in [6, 6.07) is 17.0. The first kappa shape index (κ1) is 45.0. The number of hydrogen-bond acceptors (Lipinski definition) is 16. The number of piperidine rings is 2. The molecule has 4 aromatic rings. The van der Waals surface area contributed by atoms with Crippen molar-refractivity contribution in [1.82, 2.24) is 30.0 Å². The molecule has 3 aromatic carbocycles. The van der Waals surface area contributed by atoms with Crippen molar-refractivity contribution in [3.8, 4) is 5.75 Å². The van der Waals surface area contributed by atoms with E-state index < -0.39 is 37.3 Å². The number of hydrogen-bond donors (Lipinski definition) is 3. The van der Waals surface area contributed by atoms with Crippen molar-refractivity contribution in [1.29, 1.82) is 0 Å². The lowest BCUT2D eigenvalue weighted by atomic mass is 10.0. The minimum atomic E-state index is -3.58. The van der Waals surface area contributed by atoms with E-state index in [4.69, 9.17) is 25.4 Å². The number of ether oxygens (including phenoxy) is 1. The molecule has 4 aliphatic heterocycles. The highest BCUT2D eigenvalue weighted by Crippen LogP contribution is 2.47. The topological polar surface area (TPSA) is 205 Å². The Hall–Kier alpha value is -5.56. The van der Waals surface area contributed by atoms with Crippen LogP contribution < -0.4 is 30.9 Å². The molecule has 1 unspecified atom stereocenters. The van der Waals surface area contributed by atoms with Gasteiger partial charge < -0.3 is 34.2 Å². The van der Waals surface area contributed by atoms with Gasteiger partial charge in [-0.25, -0.2) is 4.98 Å². The molecule has 336 valence electrons. The number of halogens is 1. The SMILES string of the molecule is COc1cc(N2CCC(N3CCN(C(=O)CSc4cccc5c4C(=O)N(C4CCC(=O)NC4=O)C5=O)CC3)CC2)ccc1Nc1ncc(Cl)c(Nc2ccccc2P(=O)(OC)OC)n1. The number of methoxy groups -OCH3 is 1. The van der Waals surface area contributed by atoms with E-state index in [-0.39, 0.29) is 52.4 Å². The number of benzene rings is 3. The van der Waals surface area contributed by atoms with Crippen LogP contribution in [-0.2, 0) is 28.0 Å². The second-order valence-corrected chi connectivity index (χ2v) is 19.1. The Bertz CT molecular complexity index is 2530. The maximum atomic E-state index is 13.5. The zero-order valence-electron chi connectivity index (χ0n) is 35.4. The molecule has 1 aromatic heterocycles. The number of fused-ring (bicyclic) bond motifs is 1. The number of carbonyl (C=O) groups excluding carboxylic acids is 5. The van der Waals surface area contributed by atoms with Gasteiger partial charge >= 0.3 is 7.60 Å². The summed E-state index contributed by atoms with van der Waals surface area (Å²) in [5.41, 5.74) is 2.50. The Morgan fingerprint density at radius 1 is 0.891 bits per heavy atom. The second-order valence-electron chi connectivity index (χ2n) is 15.5. The molecule has 0 aliphatic carbocycles. The standard InChI is InChI=1S/C43H47ClN9O9PS/c1-60-33-23-27(11-12-30(33)47-43-45-24-29(44)39(49-43)46-31-8-4-5-9-34(31)63(59,61-2)62-3)50-17-15-26(16-18-50)51-19-21-52(22-20-51)37(55)25-64-35-10-6-7-28-38(35)42(58)53(41(28)57)32-13-14-36(54)48-40(32)56/h4-12,23-24,26,32H,13-22,25H2,1-3H3,(H,48,54,56)(H2,45,46,47,49). The van der Waals surface area contributed by atoms with E-state index in [1.165, 1.54) is 32.2 Å². The number of carbonyl (C=O) groups is 5. The molecule has 0 bridgehead atoms. The molecule has 21 heteroatoms. The highest BCUT2D eigenvalue weighted by molar-refractivity contribution is 8.00. The zero-order chi connectivity index (χ0) is 45.1. The first-order valence-corrected chi connectivity index (χ1v) is 23.6. The highest BCUT2D eigenvalue weighted by atomic mass is 35.5. The van der Waals surface area contributed by atoms with Gasteiger partial charge in [0.1, 0.15) is 16.8 Å². The van der Waals surface area contributed by atoms with Gasteiger partial charge in [-0.3, -0.25) is 43.7 Å². The molecular weight excluding hydrogens is 885 g/mol. The molecule has 3 N–H and O–H groups in total. The molecule has 3 fully saturated rings. The van der Waals surface area contributed by atoms with Gasteiger partial charge in [-0.1, -0.05) is 29.8 Å². The van der Waals surface area contributed by atoms with Gasteiger partial charge in [-0.15, -0.1) is 11.8 Å². The predicted octanol–water partition coefficient (Wildman–Crippen LogP) is 5.04. The molecule has 8 rings (SSSR count). The van der Waals surface area contributed by atoms with E-state index in [0.717, 1.165) is 49.6 Å². The molecule has 3 saturated heterocycles. The Kier molecular flexibility index (Phi) is 13.6. The molecular formula is C43H47ClN9O9PS. The smallest absolute Gasteiger partial charge is 0.362 e. The van der Waals surface area contributed by atoms with Gasteiger partial charge in [-0.05, 0) is 55.7 Å². The summed E-state index contributed by atoms with van der Waals surface area (Å²) in [7, 11) is 0.658. The molecule has 18 nitrogen and oxygen atoms in total. The van der Waals surface area contributed by atoms with Crippen LogP contribution >= 0.6 is 31.0 Å². The first-order valence-electron chi connectivity index (χ1n) is 20.7. The average Bonchev–Trinajstić information content (AvgIpc) is 3.57. The summed E-state index contributed by atoms with van der Waals surface area (Å²) in [6.07, 6.45) is 3.48. The van der Waals surface area contributed by atoms with Crippen molar-refractivity contribution in [2.24, 2.45) is 0 Å². The van der Waals surface area contributed by atoms with Crippen LogP contribution in [0.15, 0.2) is 71.8 Å². The maximum Gasteiger partial charge on any atom is 0.362 e. The number of anilines is 5. The number of piperazine rings is 1. The van der Waals surface area contributed by atoms with E-state index in [0.29, 0.717) is 46.5 Å². The van der Waals surface area contributed by atoms with Gasteiger partial charge in [0, 0.05) is 82.6 Å². The van der Waals surface area contributed by atoms with Crippen LogP contribution in [0.1, 0.15) is 46.4 Å². The lowest BCUT2D eigenvalue weighted by Gasteiger charge is -2.43. The summed E-state index contributed by atoms with van der Waals surface area (Å²) >= 11 is 7.69. The number of amides is 5. The van der Waals surface area contributed by atoms with Gasteiger partial charge in [0.05, 0.1) is 46.9 Å². The summed E-state index contributed by atoms with van der Waals surface area (Å²) in [5, 5.41) is 9.15. The van der Waals surface area contributed by atoms with Crippen LogP contribution in [0.3, 0.4) is 0 Å². The van der Waals surface area contributed by atoms with Crippen molar-refractivity contribution in [3.05, 3.63) is 83.0 Å². The summed E-state index contributed by atoms with van der Waals surface area (Å²) < 4.78 is 29.4. The number of nitrogens with one attached hydrogen (secondary N) is 3. The Morgan fingerprint density at radius 3 is 2.36 bits per heavy atom. The van der Waals surface area contributed by atoms with E-state index in [9.17, 15) is 28.5 Å². The Balaban J connectivity index is 0.824. The third-order valence-corrected chi connectivity index (χ3v) is 15.2. The molecule has 1 atom stereocenters. The number of nitrogens with zero attached hydrogens (tertiary/aromatic N) is 6. The van der Waals surface area contributed by atoms with Crippen LogP contribution in [-0.4, -0.2) is 133 Å². The van der Waals surface area contributed by atoms with Gasteiger partial charge in [-0.2, -0.15) is 4.98 Å². The van der Waals surface area contributed by atoms with Gasteiger partial charge in [0.2, 0.25) is 23.7 Å². The van der Waals surface area contributed by atoms with Crippen LogP contribution in [0.25, 0.3) is 0 Å². The zero-order valence-corrected chi connectivity index (χ0v) is 37.8. The normalized spacial score (nSPS) is 18.6. The number of thioether (sulfide) groups is 1. The molecule has 5 amide bonds. The molecule has 5 heterocycles. The van der Waals surface area contributed by atoms with Gasteiger partial charge in [0.15, 0.2) is 5.82 Å². The predicted molar refractivity (Wildman–Crippen MR) is 242 cm³/mol. The molecule has 0 saturated carbocycles. The molecule has 64 heavy (non-hydrogen) atoms. The Labute approximate surface area is 378 Å². The fourth-order valence-electron chi connectivity index (χ4n) is 8.49. The summed E-state index contributed by atoms with van der Waals surface area (Å²) in [5.74, 6) is -1.07. The fourth-order valence-corrected chi connectivity index (χ4v) is 10.8. The van der Waals surface area contributed by atoms with Crippen molar-refractivity contribution in [2.75, 3.05) is 81.9 Å². The van der Waals surface area contributed by atoms with Crippen LogP contribution in [0.4, 0.5) is 28.8 Å². The maximum absolute atomic E-state index is 13.5. The quantitative estimate of drug-likeness (QED) is 0.0861. The summed E-state index contributed by atoms with van der Waals surface area (Å²) in [4.78, 5) is 81.3. The molecule has 0 radical (unpaired) electrons. The fraction of sp³-hybridized carbons (Fsp3) is 0.372. The lowest BCUT2D eigenvalue weighted by Crippen LogP contribution is -2.54. The van der Waals surface area contributed by atoms with Crippen molar-refractivity contribution >= 4 is 94.6 Å². The largest absolute Gasteiger partial charge is 0.494 e. The number of imide groups is 2. The van der Waals surface area contributed by atoms with E-state index in [1.807, 2.05) is 23.1 Å².